The topological polar surface area (TPSA) is 59.8 Å². The van der Waals surface area contributed by atoms with Crippen LogP contribution in [0, 0.1) is 5.92 Å². The lowest BCUT2D eigenvalue weighted by molar-refractivity contribution is -0.121. The molecule has 146 valence electrons. The molecule has 0 bridgehead atoms. The number of nitrogens with zero attached hydrogens (tertiary/aromatic N) is 3. The Hall–Kier alpha value is -1.34. The number of aromatic nitrogens is 3. The molecule has 7 heteroatoms. The van der Waals surface area contributed by atoms with E-state index in [9.17, 15) is 4.79 Å². The van der Waals surface area contributed by atoms with Crippen molar-refractivity contribution in [2.24, 2.45) is 5.92 Å². The normalized spacial score (nSPS) is 23.9. The lowest BCUT2D eigenvalue weighted by atomic mass is 9.86. The molecule has 1 N–H and O–H groups in total. The monoisotopic (exact) mass is 404 g/mol. The van der Waals surface area contributed by atoms with Gasteiger partial charge in [-0.1, -0.05) is 37.6 Å². The zero-order valence-corrected chi connectivity index (χ0v) is 17.7. The number of nitrogens with one attached hydrogen (secondary N) is 1. The van der Waals surface area contributed by atoms with Crippen molar-refractivity contribution in [1.29, 1.82) is 0 Å². The average molecular weight is 405 g/mol. The molecular formula is C20H28N4OS2. The van der Waals surface area contributed by atoms with E-state index in [1.54, 1.807) is 23.1 Å². The van der Waals surface area contributed by atoms with E-state index >= 15 is 0 Å². The lowest BCUT2D eigenvalue weighted by Gasteiger charge is -2.30. The van der Waals surface area contributed by atoms with Crippen molar-refractivity contribution in [3.63, 3.8) is 0 Å². The van der Waals surface area contributed by atoms with Crippen LogP contribution in [0.3, 0.4) is 0 Å². The van der Waals surface area contributed by atoms with Crippen LogP contribution in [-0.4, -0.2) is 32.0 Å². The van der Waals surface area contributed by atoms with Gasteiger partial charge in [-0.3, -0.25) is 4.79 Å². The van der Waals surface area contributed by atoms with Crippen molar-refractivity contribution in [2.45, 2.75) is 81.3 Å². The molecule has 27 heavy (non-hydrogen) atoms. The predicted molar refractivity (Wildman–Crippen MR) is 110 cm³/mol. The molecular weight excluding hydrogens is 376 g/mol. The Morgan fingerprint density at radius 3 is 2.85 bits per heavy atom. The Labute approximate surface area is 169 Å². The maximum atomic E-state index is 12.7. The highest BCUT2D eigenvalue weighted by Gasteiger charge is 2.32. The standard InChI is InChI=1S/C20H28N4OS2/c1-13-6-3-4-8-17(13)21-19(25)14(2)27-20-23-22-18(24(20)15-9-10-15)12-16-7-5-11-26-16/h5,7,11,13-15,17H,3-4,6,8-10,12H2,1-2H3,(H,21,25)/t13-,14+,17+/m0/s1. The number of rotatable bonds is 7. The van der Waals surface area contributed by atoms with Gasteiger partial charge in [0.25, 0.3) is 0 Å². The molecule has 2 fully saturated rings. The summed E-state index contributed by atoms with van der Waals surface area (Å²) in [5, 5.41) is 15.0. The summed E-state index contributed by atoms with van der Waals surface area (Å²) >= 11 is 3.30. The number of hydrogen-bond donors (Lipinski definition) is 1. The summed E-state index contributed by atoms with van der Waals surface area (Å²) in [6, 6.07) is 5.05. The van der Waals surface area contributed by atoms with Crippen LogP contribution in [0.2, 0.25) is 0 Å². The minimum absolute atomic E-state index is 0.129. The first-order chi connectivity index (χ1) is 13.1. The van der Waals surface area contributed by atoms with E-state index in [0.29, 0.717) is 18.0 Å². The highest BCUT2D eigenvalue weighted by Crippen LogP contribution is 2.40. The van der Waals surface area contributed by atoms with Gasteiger partial charge in [0, 0.05) is 23.4 Å². The van der Waals surface area contributed by atoms with Crippen LogP contribution in [0.4, 0.5) is 0 Å². The summed E-state index contributed by atoms with van der Waals surface area (Å²) in [7, 11) is 0. The summed E-state index contributed by atoms with van der Waals surface area (Å²) in [5.41, 5.74) is 0. The SMILES string of the molecule is C[C@@H](Sc1nnc(Cc2cccs2)n1C1CC1)C(=O)N[C@@H]1CCCC[C@@H]1C. The second-order valence-corrected chi connectivity index (χ2v) is 10.2. The van der Waals surface area contributed by atoms with Crippen LogP contribution in [0.15, 0.2) is 22.7 Å². The summed E-state index contributed by atoms with van der Waals surface area (Å²) in [6.45, 7) is 4.24. The first-order valence-electron chi connectivity index (χ1n) is 10.0. The van der Waals surface area contributed by atoms with Gasteiger partial charge in [0.2, 0.25) is 5.91 Å². The Bertz CT molecular complexity index is 769. The fraction of sp³-hybridized carbons (Fsp3) is 0.650. The van der Waals surface area contributed by atoms with E-state index < -0.39 is 0 Å². The van der Waals surface area contributed by atoms with Crippen LogP contribution in [0.1, 0.15) is 69.1 Å². The minimum atomic E-state index is -0.157. The van der Waals surface area contributed by atoms with Crippen LogP contribution in [0.5, 0.6) is 0 Å². The third kappa shape index (κ3) is 4.57. The molecule has 0 spiro atoms. The third-order valence-electron chi connectivity index (χ3n) is 5.65. The summed E-state index contributed by atoms with van der Waals surface area (Å²) in [5.74, 6) is 1.73. The second-order valence-electron chi connectivity index (χ2n) is 7.89. The van der Waals surface area contributed by atoms with Gasteiger partial charge in [0.05, 0.1) is 5.25 Å². The van der Waals surface area contributed by atoms with Crippen molar-refractivity contribution in [3.8, 4) is 0 Å². The molecule has 2 aliphatic rings. The maximum Gasteiger partial charge on any atom is 0.233 e. The van der Waals surface area contributed by atoms with Crippen molar-refractivity contribution in [2.75, 3.05) is 0 Å². The average Bonchev–Trinajstić information content (AvgIpc) is 3.21. The van der Waals surface area contributed by atoms with E-state index in [-0.39, 0.29) is 11.2 Å². The van der Waals surface area contributed by atoms with E-state index in [2.05, 4.69) is 44.5 Å². The Kier molecular flexibility index (Phi) is 5.88. The number of amides is 1. The van der Waals surface area contributed by atoms with Crippen LogP contribution in [0.25, 0.3) is 0 Å². The highest BCUT2D eigenvalue weighted by atomic mass is 32.2. The molecule has 2 aromatic rings. The zero-order valence-electron chi connectivity index (χ0n) is 16.1. The van der Waals surface area contributed by atoms with Gasteiger partial charge >= 0.3 is 0 Å². The second kappa shape index (κ2) is 8.35. The fourth-order valence-corrected chi connectivity index (χ4v) is 5.47. The van der Waals surface area contributed by atoms with Gasteiger partial charge in [-0.05, 0) is 50.0 Å². The Morgan fingerprint density at radius 1 is 1.33 bits per heavy atom. The lowest BCUT2D eigenvalue weighted by Crippen LogP contribution is -2.44. The van der Waals surface area contributed by atoms with E-state index in [4.69, 9.17) is 0 Å². The summed E-state index contributed by atoms with van der Waals surface area (Å²) in [4.78, 5) is 14.0. The number of thiophene rings is 1. The number of carbonyl (C=O) groups is 1. The first kappa shape index (κ1) is 19.0. The number of carbonyl (C=O) groups excluding carboxylic acids is 1. The number of hydrogen-bond acceptors (Lipinski definition) is 5. The molecule has 5 nitrogen and oxygen atoms in total. The van der Waals surface area contributed by atoms with Crippen molar-refractivity contribution in [1.82, 2.24) is 20.1 Å². The molecule has 0 radical (unpaired) electrons. The molecule has 0 saturated heterocycles. The molecule has 2 aromatic heterocycles. The Morgan fingerprint density at radius 2 is 2.15 bits per heavy atom. The molecule has 0 unspecified atom stereocenters. The molecule has 0 aliphatic heterocycles. The molecule has 0 aromatic carbocycles. The number of thioether (sulfide) groups is 1. The molecule has 1 amide bonds. The third-order valence-corrected chi connectivity index (χ3v) is 7.58. The van der Waals surface area contributed by atoms with Crippen molar-refractivity contribution >= 4 is 29.0 Å². The molecule has 2 aliphatic carbocycles. The van der Waals surface area contributed by atoms with E-state index in [1.807, 2.05) is 6.92 Å². The molecule has 4 rings (SSSR count). The van der Waals surface area contributed by atoms with Gasteiger partial charge in [0.15, 0.2) is 5.16 Å². The summed E-state index contributed by atoms with van der Waals surface area (Å²) in [6.07, 6.45) is 8.02. The van der Waals surface area contributed by atoms with E-state index in [1.165, 1.54) is 37.0 Å². The molecule has 2 heterocycles. The van der Waals surface area contributed by atoms with Gasteiger partial charge in [0.1, 0.15) is 5.82 Å². The highest BCUT2D eigenvalue weighted by molar-refractivity contribution is 8.00. The van der Waals surface area contributed by atoms with Gasteiger partial charge in [-0.15, -0.1) is 21.5 Å². The van der Waals surface area contributed by atoms with Crippen molar-refractivity contribution < 1.29 is 4.79 Å². The molecule has 2 saturated carbocycles. The quantitative estimate of drug-likeness (QED) is 0.693. The van der Waals surface area contributed by atoms with Gasteiger partial charge < -0.3 is 9.88 Å². The van der Waals surface area contributed by atoms with E-state index in [0.717, 1.165) is 23.8 Å². The van der Waals surface area contributed by atoms with Crippen LogP contribution in [-0.2, 0) is 11.2 Å². The summed E-state index contributed by atoms with van der Waals surface area (Å²) < 4.78 is 2.28. The largest absolute Gasteiger partial charge is 0.352 e. The maximum absolute atomic E-state index is 12.7. The Balaban J connectivity index is 1.42. The van der Waals surface area contributed by atoms with Gasteiger partial charge in [-0.25, -0.2) is 0 Å². The first-order valence-corrected chi connectivity index (χ1v) is 11.8. The zero-order chi connectivity index (χ0) is 18.8. The van der Waals surface area contributed by atoms with Crippen LogP contribution < -0.4 is 5.32 Å². The minimum Gasteiger partial charge on any atom is -0.352 e. The predicted octanol–water partition coefficient (Wildman–Crippen LogP) is 4.44. The molecule has 3 atom stereocenters. The van der Waals surface area contributed by atoms with Gasteiger partial charge in [-0.2, -0.15) is 0 Å². The fourth-order valence-electron chi connectivity index (χ4n) is 3.82. The van der Waals surface area contributed by atoms with Crippen molar-refractivity contribution in [3.05, 3.63) is 28.2 Å². The van der Waals surface area contributed by atoms with Crippen LogP contribution >= 0.6 is 23.1 Å². The smallest absolute Gasteiger partial charge is 0.233 e.